The van der Waals surface area contributed by atoms with Gasteiger partial charge in [-0.05, 0) is 65.4 Å². The van der Waals surface area contributed by atoms with E-state index in [0.717, 1.165) is 21.8 Å². The predicted octanol–water partition coefficient (Wildman–Crippen LogP) is 5.65. The largest absolute Gasteiger partial charge is 0.493 e. The number of amides is 2. The second-order valence-electron chi connectivity index (χ2n) is 7.35. The number of thioether (sulfide) groups is 1. The summed E-state index contributed by atoms with van der Waals surface area (Å²) in [6.45, 7) is 0.275. The van der Waals surface area contributed by atoms with Crippen LogP contribution in [-0.4, -0.2) is 36.2 Å². The van der Waals surface area contributed by atoms with Gasteiger partial charge in [-0.1, -0.05) is 34.1 Å². The van der Waals surface area contributed by atoms with Gasteiger partial charge in [0.2, 0.25) is 5.76 Å². The van der Waals surface area contributed by atoms with Crippen molar-refractivity contribution in [2.75, 3.05) is 14.2 Å². The fraction of sp³-hybridized carbons (Fsp3) is 0.160. The van der Waals surface area contributed by atoms with Gasteiger partial charge in [0, 0.05) is 4.47 Å². The second kappa shape index (κ2) is 10.8. The first kappa shape index (κ1) is 24.6. The highest BCUT2D eigenvalue weighted by Crippen LogP contribution is 2.35. The molecule has 180 valence electrons. The number of rotatable bonds is 8. The fourth-order valence-electron chi connectivity index (χ4n) is 3.27. The maximum atomic E-state index is 12.9. The molecular formula is C25H20BrNO7S. The van der Waals surface area contributed by atoms with E-state index in [1.165, 1.54) is 25.2 Å². The highest BCUT2D eigenvalue weighted by Gasteiger charge is 2.35. The number of hydrogen-bond acceptors (Lipinski definition) is 8. The van der Waals surface area contributed by atoms with Crippen molar-refractivity contribution in [3.8, 4) is 11.5 Å². The van der Waals surface area contributed by atoms with Crippen LogP contribution in [-0.2, 0) is 22.7 Å². The van der Waals surface area contributed by atoms with Crippen LogP contribution in [0.1, 0.15) is 27.4 Å². The number of ether oxygens (including phenoxy) is 3. The van der Waals surface area contributed by atoms with Gasteiger partial charge < -0.3 is 18.6 Å². The number of benzene rings is 2. The Morgan fingerprint density at radius 2 is 1.83 bits per heavy atom. The number of nitrogens with zero attached hydrogens (tertiary/aromatic N) is 1. The topological polar surface area (TPSA) is 95.3 Å². The Balaban J connectivity index is 1.45. The minimum atomic E-state index is -0.570. The number of methoxy groups -OCH3 is 2. The molecular weight excluding hydrogens is 538 g/mol. The highest BCUT2D eigenvalue weighted by atomic mass is 79.9. The molecule has 0 atom stereocenters. The van der Waals surface area contributed by atoms with Crippen molar-refractivity contribution in [3.05, 3.63) is 86.6 Å². The van der Waals surface area contributed by atoms with Gasteiger partial charge in [0.15, 0.2) is 11.5 Å². The second-order valence-corrected chi connectivity index (χ2v) is 9.26. The number of esters is 1. The number of carbonyl (C=O) groups is 3. The lowest BCUT2D eigenvalue weighted by molar-refractivity contribution is -0.123. The lowest BCUT2D eigenvalue weighted by atomic mass is 10.1. The number of imide groups is 1. The van der Waals surface area contributed by atoms with Crippen LogP contribution in [0.2, 0.25) is 0 Å². The van der Waals surface area contributed by atoms with Gasteiger partial charge in [-0.3, -0.25) is 14.5 Å². The Kier molecular flexibility index (Phi) is 7.62. The van der Waals surface area contributed by atoms with E-state index in [1.54, 1.807) is 30.3 Å². The molecule has 1 aromatic heterocycles. The van der Waals surface area contributed by atoms with Crippen molar-refractivity contribution in [2.45, 2.75) is 13.2 Å². The Bertz CT molecular complexity index is 1300. The molecule has 0 N–H and O–H groups in total. The Hall–Kier alpha value is -3.50. The third-order valence-corrected chi connectivity index (χ3v) is 6.47. The van der Waals surface area contributed by atoms with E-state index in [2.05, 4.69) is 20.7 Å². The predicted molar refractivity (Wildman–Crippen MR) is 133 cm³/mol. The van der Waals surface area contributed by atoms with Gasteiger partial charge in [-0.2, -0.15) is 0 Å². The summed E-state index contributed by atoms with van der Waals surface area (Å²) < 4.78 is 22.1. The van der Waals surface area contributed by atoms with Crippen LogP contribution >= 0.6 is 27.7 Å². The zero-order chi connectivity index (χ0) is 24.9. The molecule has 1 aliphatic rings. The molecule has 0 aliphatic carbocycles. The molecule has 1 aliphatic heterocycles. The van der Waals surface area contributed by atoms with E-state index in [1.807, 2.05) is 24.3 Å². The van der Waals surface area contributed by atoms with Crippen molar-refractivity contribution in [1.82, 2.24) is 4.90 Å². The van der Waals surface area contributed by atoms with Crippen molar-refractivity contribution in [2.24, 2.45) is 0 Å². The average molecular weight is 558 g/mol. The first-order valence-corrected chi connectivity index (χ1v) is 12.0. The molecule has 0 spiro atoms. The lowest BCUT2D eigenvalue weighted by Crippen LogP contribution is -2.27. The first-order chi connectivity index (χ1) is 16.9. The van der Waals surface area contributed by atoms with Crippen molar-refractivity contribution in [1.29, 1.82) is 0 Å². The van der Waals surface area contributed by atoms with E-state index in [-0.39, 0.29) is 30.1 Å². The maximum Gasteiger partial charge on any atom is 0.373 e. The van der Waals surface area contributed by atoms with Gasteiger partial charge in [-0.15, -0.1) is 0 Å². The SMILES string of the molecule is COC(=O)c1ccc(COc2ccc(C=C3SC(=O)N(Cc4ccc(Br)cc4)C3=O)cc2OC)o1. The van der Waals surface area contributed by atoms with Gasteiger partial charge in [0.05, 0.1) is 25.7 Å². The highest BCUT2D eigenvalue weighted by molar-refractivity contribution is 9.10. The van der Waals surface area contributed by atoms with Crippen LogP contribution in [0.5, 0.6) is 11.5 Å². The van der Waals surface area contributed by atoms with Crippen LogP contribution in [0.25, 0.3) is 6.08 Å². The summed E-state index contributed by atoms with van der Waals surface area (Å²) in [5, 5.41) is -0.319. The Morgan fingerprint density at radius 3 is 2.54 bits per heavy atom. The molecule has 8 nitrogen and oxygen atoms in total. The summed E-state index contributed by atoms with van der Waals surface area (Å²) in [6, 6.07) is 15.7. The van der Waals surface area contributed by atoms with Crippen molar-refractivity contribution >= 4 is 50.9 Å². The standard InChI is InChI=1S/C25H20BrNO7S/c1-31-21-11-16(5-9-19(21)33-14-18-8-10-20(34-18)24(29)32-2)12-22-23(28)27(25(30)35-22)13-15-3-6-17(26)7-4-15/h3-12H,13-14H2,1-2H3. The third-order valence-electron chi connectivity index (χ3n) is 5.03. The fourth-order valence-corrected chi connectivity index (χ4v) is 4.37. The number of halogens is 1. The number of hydrogen-bond donors (Lipinski definition) is 0. The molecule has 0 unspecified atom stereocenters. The minimum absolute atomic E-state index is 0.0711. The van der Waals surface area contributed by atoms with Crippen LogP contribution < -0.4 is 9.47 Å². The summed E-state index contributed by atoms with van der Waals surface area (Å²) in [5.41, 5.74) is 1.53. The van der Waals surface area contributed by atoms with Crippen LogP contribution in [0.15, 0.2) is 68.4 Å². The third kappa shape index (κ3) is 5.77. The van der Waals surface area contributed by atoms with E-state index in [4.69, 9.17) is 13.9 Å². The first-order valence-electron chi connectivity index (χ1n) is 10.4. The summed E-state index contributed by atoms with van der Waals surface area (Å²) >= 11 is 4.27. The molecule has 2 aromatic carbocycles. The van der Waals surface area contributed by atoms with Crippen LogP contribution in [0, 0.1) is 0 Å². The zero-order valence-corrected chi connectivity index (χ0v) is 21.2. The monoisotopic (exact) mass is 557 g/mol. The van der Waals surface area contributed by atoms with Crippen LogP contribution in [0.4, 0.5) is 4.79 Å². The Morgan fingerprint density at radius 1 is 1.06 bits per heavy atom. The zero-order valence-electron chi connectivity index (χ0n) is 18.8. The molecule has 1 saturated heterocycles. The minimum Gasteiger partial charge on any atom is -0.493 e. The molecule has 0 radical (unpaired) electrons. The summed E-state index contributed by atoms with van der Waals surface area (Å²) in [4.78, 5) is 38.4. The van der Waals surface area contributed by atoms with E-state index < -0.39 is 5.97 Å². The lowest BCUT2D eigenvalue weighted by Gasteiger charge is -2.12. The normalized spacial score (nSPS) is 14.5. The maximum absolute atomic E-state index is 12.9. The molecule has 4 rings (SSSR count). The van der Waals surface area contributed by atoms with Gasteiger partial charge >= 0.3 is 5.97 Å². The molecule has 0 saturated carbocycles. The van der Waals surface area contributed by atoms with E-state index in [9.17, 15) is 14.4 Å². The van der Waals surface area contributed by atoms with Crippen molar-refractivity contribution < 1.29 is 33.0 Å². The molecule has 3 aromatic rings. The van der Waals surface area contributed by atoms with E-state index in [0.29, 0.717) is 27.7 Å². The molecule has 2 heterocycles. The summed E-state index contributed by atoms with van der Waals surface area (Å²) in [7, 11) is 2.77. The summed E-state index contributed by atoms with van der Waals surface area (Å²) in [5.74, 6) is 0.496. The quantitative estimate of drug-likeness (QED) is 0.259. The van der Waals surface area contributed by atoms with Crippen LogP contribution in [0.3, 0.4) is 0 Å². The molecule has 2 amide bonds. The molecule has 35 heavy (non-hydrogen) atoms. The average Bonchev–Trinajstić information content (AvgIpc) is 3.44. The smallest absolute Gasteiger partial charge is 0.373 e. The summed E-state index contributed by atoms with van der Waals surface area (Å²) in [6.07, 6.45) is 1.65. The molecule has 1 fully saturated rings. The number of carbonyl (C=O) groups excluding carboxylic acids is 3. The van der Waals surface area contributed by atoms with Gasteiger partial charge in [0.25, 0.3) is 11.1 Å². The number of furan rings is 1. The van der Waals surface area contributed by atoms with E-state index >= 15 is 0 Å². The molecule has 10 heteroatoms. The van der Waals surface area contributed by atoms with Gasteiger partial charge in [-0.25, -0.2) is 4.79 Å². The molecule has 0 bridgehead atoms. The van der Waals surface area contributed by atoms with Crippen molar-refractivity contribution in [3.63, 3.8) is 0 Å². The Labute approximate surface area is 214 Å². The van der Waals surface area contributed by atoms with Gasteiger partial charge in [0.1, 0.15) is 12.4 Å².